The van der Waals surface area contributed by atoms with Crippen molar-refractivity contribution in [3.63, 3.8) is 0 Å². The second-order valence-corrected chi connectivity index (χ2v) is 4.76. The Hall–Kier alpha value is -1.47. The summed E-state index contributed by atoms with van der Waals surface area (Å²) in [6.07, 6.45) is 2.93. The van der Waals surface area contributed by atoms with Gasteiger partial charge in [-0.15, -0.1) is 5.10 Å². The van der Waals surface area contributed by atoms with Crippen LogP contribution in [0.3, 0.4) is 0 Å². The lowest BCUT2D eigenvalue weighted by Gasteiger charge is -2.08. The lowest BCUT2D eigenvalue weighted by molar-refractivity contribution is -0.118. The number of anilines is 1. The number of ether oxygens (including phenoxy) is 1. The summed E-state index contributed by atoms with van der Waals surface area (Å²) < 4.78 is 10.6. The highest BCUT2D eigenvalue weighted by atomic mass is 16.5. The van der Waals surface area contributed by atoms with E-state index in [4.69, 9.17) is 9.15 Å². The molecule has 2 unspecified atom stereocenters. The monoisotopic (exact) mass is 252 g/mol. The molecule has 1 saturated heterocycles. The maximum atomic E-state index is 11.9. The average molecular weight is 252 g/mol. The minimum Gasteiger partial charge on any atom is -0.408 e. The molecule has 1 amide bonds. The first kappa shape index (κ1) is 11.6. The molecule has 1 saturated carbocycles. The SMILES string of the molecule is COC1CNC(C(=O)Nc2nnc(C3CC3)o2)C1. The first-order valence-corrected chi connectivity index (χ1v) is 6.16. The summed E-state index contributed by atoms with van der Waals surface area (Å²) in [5.74, 6) is 0.866. The molecular formula is C11H16N4O3. The highest BCUT2D eigenvalue weighted by Crippen LogP contribution is 2.39. The van der Waals surface area contributed by atoms with Gasteiger partial charge in [-0.25, -0.2) is 0 Å². The summed E-state index contributed by atoms with van der Waals surface area (Å²) in [6, 6.07) is -0.0733. The summed E-state index contributed by atoms with van der Waals surface area (Å²) in [6.45, 7) is 0.686. The van der Waals surface area contributed by atoms with Gasteiger partial charge in [0.15, 0.2) is 0 Å². The Morgan fingerprint density at radius 1 is 1.50 bits per heavy atom. The van der Waals surface area contributed by atoms with E-state index < -0.39 is 0 Å². The zero-order valence-electron chi connectivity index (χ0n) is 10.2. The van der Waals surface area contributed by atoms with Crippen LogP contribution >= 0.6 is 0 Å². The summed E-state index contributed by atoms with van der Waals surface area (Å²) in [5, 5.41) is 13.5. The fourth-order valence-electron chi connectivity index (χ4n) is 2.06. The van der Waals surface area contributed by atoms with Crippen molar-refractivity contribution in [2.45, 2.75) is 37.3 Å². The summed E-state index contributed by atoms with van der Waals surface area (Å²) >= 11 is 0. The molecule has 2 N–H and O–H groups in total. The molecule has 2 fully saturated rings. The average Bonchev–Trinajstić information content (AvgIpc) is 2.93. The van der Waals surface area contributed by atoms with E-state index in [1.54, 1.807) is 7.11 Å². The largest absolute Gasteiger partial charge is 0.408 e. The fourth-order valence-corrected chi connectivity index (χ4v) is 2.06. The molecule has 2 heterocycles. The maximum absolute atomic E-state index is 11.9. The Morgan fingerprint density at radius 3 is 3.00 bits per heavy atom. The van der Waals surface area contributed by atoms with Crippen LogP contribution in [-0.2, 0) is 9.53 Å². The molecule has 3 rings (SSSR count). The molecule has 98 valence electrons. The highest BCUT2D eigenvalue weighted by Gasteiger charge is 2.32. The second kappa shape index (κ2) is 4.66. The predicted octanol–water partition coefficient (Wildman–Crippen LogP) is 0.262. The van der Waals surface area contributed by atoms with Crippen molar-refractivity contribution in [2.75, 3.05) is 19.0 Å². The summed E-state index contributed by atoms with van der Waals surface area (Å²) in [5.41, 5.74) is 0. The lowest BCUT2D eigenvalue weighted by atomic mass is 10.2. The number of hydrogen-bond donors (Lipinski definition) is 2. The maximum Gasteiger partial charge on any atom is 0.322 e. The normalized spacial score (nSPS) is 27.4. The molecule has 1 aromatic heterocycles. The molecule has 0 spiro atoms. The van der Waals surface area contributed by atoms with Crippen LogP contribution in [0.2, 0.25) is 0 Å². The number of amides is 1. The number of nitrogens with zero attached hydrogens (tertiary/aromatic N) is 2. The molecule has 7 nitrogen and oxygen atoms in total. The Morgan fingerprint density at radius 2 is 2.33 bits per heavy atom. The molecule has 0 bridgehead atoms. The third kappa shape index (κ3) is 2.37. The molecule has 1 aromatic rings. The number of hydrogen-bond acceptors (Lipinski definition) is 6. The van der Waals surface area contributed by atoms with Gasteiger partial charge in [0.05, 0.1) is 12.1 Å². The fraction of sp³-hybridized carbons (Fsp3) is 0.727. The van der Waals surface area contributed by atoms with Crippen molar-refractivity contribution in [1.29, 1.82) is 0 Å². The minimum atomic E-state index is -0.258. The van der Waals surface area contributed by atoms with Crippen LogP contribution in [0.15, 0.2) is 4.42 Å². The van der Waals surface area contributed by atoms with Crippen molar-refractivity contribution in [2.24, 2.45) is 0 Å². The number of carbonyl (C=O) groups excluding carboxylic acids is 1. The van der Waals surface area contributed by atoms with Crippen LogP contribution in [0.25, 0.3) is 0 Å². The zero-order chi connectivity index (χ0) is 12.5. The van der Waals surface area contributed by atoms with Crippen LogP contribution < -0.4 is 10.6 Å². The van der Waals surface area contributed by atoms with E-state index in [1.165, 1.54) is 0 Å². The van der Waals surface area contributed by atoms with Gasteiger partial charge in [0.25, 0.3) is 0 Å². The number of nitrogens with one attached hydrogen (secondary N) is 2. The van der Waals surface area contributed by atoms with E-state index in [0.717, 1.165) is 12.8 Å². The zero-order valence-corrected chi connectivity index (χ0v) is 10.2. The van der Waals surface area contributed by atoms with E-state index in [9.17, 15) is 4.79 Å². The first-order chi connectivity index (χ1) is 8.76. The van der Waals surface area contributed by atoms with E-state index in [-0.39, 0.29) is 24.1 Å². The summed E-state index contributed by atoms with van der Waals surface area (Å²) in [7, 11) is 1.65. The molecule has 0 radical (unpaired) electrons. The number of carbonyl (C=O) groups is 1. The molecule has 2 atom stereocenters. The van der Waals surface area contributed by atoms with Crippen molar-refractivity contribution in [1.82, 2.24) is 15.5 Å². The Balaban J connectivity index is 1.56. The van der Waals surface area contributed by atoms with Crippen molar-refractivity contribution < 1.29 is 13.9 Å². The second-order valence-electron chi connectivity index (χ2n) is 4.76. The molecule has 2 aliphatic rings. The first-order valence-electron chi connectivity index (χ1n) is 6.16. The third-order valence-corrected chi connectivity index (χ3v) is 3.34. The van der Waals surface area contributed by atoms with Crippen LogP contribution in [0.1, 0.15) is 31.1 Å². The van der Waals surface area contributed by atoms with Crippen LogP contribution in [0.5, 0.6) is 0 Å². The van der Waals surface area contributed by atoms with Gasteiger partial charge in [-0.2, -0.15) is 0 Å². The summed E-state index contributed by atoms with van der Waals surface area (Å²) in [4.78, 5) is 11.9. The number of methoxy groups -OCH3 is 1. The van der Waals surface area contributed by atoms with Gasteiger partial charge in [-0.3, -0.25) is 10.1 Å². The quantitative estimate of drug-likeness (QED) is 0.799. The molecule has 7 heteroatoms. The van der Waals surface area contributed by atoms with Gasteiger partial charge in [0.2, 0.25) is 11.8 Å². The topological polar surface area (TPSA) is 89.3 Å². The van der Waals surface area contributed by atoms with Gasteiger partial charge in [0.1, 0.15) is 0 Å². The van der Waals surface area contributed by atoms with Gasteiger partial charge in [-0.05, 0) is 19.3 Å². The van der Waals surface area contributed by atoms with E-state index >= 15 is 0 Å². The van der Waals surface area contributed by atoms with Crippen LogP contribution in [0, 0.1) is 0 Å². The standard InChI is InChI=1S/C11H16N4O3/c1-17-7-4-8(12-5-7)9(16)13-11-15-14-10(18-11)6-2-3-6/h6-8,12H,2-5H2,1H3,(H,13,15,16). The van der Waals surface area contributed by atoms with Crippen molar-refractivity contribution in [3.8, 4) is 0 Å². The number of rotatable bonds is 4. The van der Waals surface area contributed by atoms with Gasteiger partial charge < -0.3 is 14.5 Å². The van der Waals surface area contributed by atoms with Gasteiger partial charge in [0, 0.05) is 19.6 Å². The van der Waals surface area contributed by atoms with Crippen molar-refractivity contribution in [3.05, 3.63) is 5.89 Å². The minimum absolute atomic E-state index is 0.0884. The molecular weight excluding hydrogens is 236 g/mol. The Bertz CT molecular complexity index is 443. The highest BCUT2D eigenvalue weighted by molar-refractivity contribution is 5.93. The van der Waals surface area contributed by atoms with Crippen LogP contribution in [-0.4, -0.2) is 41.9 Å². The smallest absolute Gasteiger partial charge is 0.322 e. The van der Waals surface area contributed by atoms with E-state index in [0.29, 0.717) is 24.8 Å². The van der Waals surface area contributed by atoms with E-state index in [1.807, 2.05) is 0 Å². The van der Waals surface area contributed by atoms with Gasteiger partial charge in [-0.1, -0.05) is 5.10 Å². The Kier molecular flexibility index (Phi) is 3.00. The van der Waals surface area contributed by atoms with E-state index in [2.05, 4.69) is 20.8 Å². The molecule has 0 aromatic carbocycles. The molecule has 1 aliphatic carbocycles. The third-order valence-electron chi connectivity index (χ3n) is 3.34. The molecule has 18 heavy (non-hydrogen) atoms. The van der Waals surface area contributed by atoms with Crippen LogP contribution in [0.4, 0.5) is 6.01 Å². The van der Waals surface area contributed by atoms with Crippen molar-refractivity contribution >= 4 is 11.9 Å². The van der Waals surface area contributed by atoms with Gasteiger partial charge >= 0.3 is 6.01 Å². The lowest BCUT2D eigenvalue weighted by Crippen LogP contribution is -2.35. The Labute approximate surface area is 104 Å². The predicted molar refractivity (Wildman–Crippen MR) is 62.1 cm³/mol. The molecule has 1 aliphatic heterocycles. The number of aromatic nitrogens is 2.